The molecule has 4 nitrogen and oxygen atoms in total. The second-order valence-electron chi connectivity index (χ2n) is 7.65. The third-order valence-corrected chi connectivity index (χ3v) is 5.39. The molecule has 2 aliphatic rings. The predicted molar refractivity (Wildman–Crippen MR) is 94.7 cm³/mol. The molecule has 2 aromatic rings. The first-order valence-corrected chi connectivity index (χ1v) is 9.24. The van der Waals surface area contributed by atoms with Crippen molar-refractivity contribution in [2.75, 3.05) is 19.7 Å². The van der Waals surface area contributed by atoms with E-state index in [1.807, 2.05) is 12.3 Å². The minimum absolute atomic E-state index is 0.164. The minimum atomic E-state index is -0.164. The zero-order valence-electron chi connectivity index (χ0n) is 14.8. The van der Waals surface area contributed by atoms with E-state index in [9.17, 15) is 4.39 Å². The molecule has 0 amide bonds. The van der Waals surface area contributed by atoms with Crippen LogP contribution in [0.3, 0.4) is 0 Å². The highest BCUT2D eigenvalue weighted by Gasteiger charge is 2.48. The molecule has 2 saturated heterocycles. The van der Waals surface area contributed by atoms with Gasteiger partial charge < -0.3 is 9.30 Å². The van der Waals surface area contributed by atoms with Gasteiger partial charge in [0.1, 0.15) is 11.6 Å². The molecule has 1 aromatic heterocycles. The van der Waals surface area contributed by atoms with E-state index in [4.69, 9.17) is 4.74 Å². The summed E-state index contributed by atoms with van der Waals surface area (Å²) in [5.74, 6) is 0.995. The first kappa shape index (κ1) is 16.7. The molecule has 0 bridgehead atoms. The summed E-state index contributed by atoms with van der Waals surface area (Å²) in [6.07, 6.45) is 7.19. The summed E-state index contributed by atoms with van der Waals surface area (Å²) in [4.78, 5) is 6.97. The number of aryl methyl sites for hydroxylation is 1. The molecule has 0 saturated carbocycles. The number of benzene rings is 1. The van der Waals surface area contributed by atoms with Gasteiger partial charge in [0.15, 0.2) is 0 Å². The van der Waals surface area contributed by atoms with Gasteiger partial charge in [-0.05, 0) is 37.0 Å². The van der Waals surface area contributed by atoms with Crippen LogP contribution in [0.5, 0.6) is 0 Å². The highest BCUT2D eigenvalue weighted by Crippen LogP contribution is 2.42. The number of halogens is 1. The molecule has 0 aliphatic carbocycles. The normalized spacial score (nSPS) is 22.4. The average Bonchev–Trinajstić information content (AvgIpc) is 3.15. The van der Waals surface area contributed by atoms with E-state index >= 15 is 0 Å². The van der Waals surface area contributed by atoms with E-state index in [1.54, 1.807) is 12.1 Å². The molecule has 3 heterocycles. The fourth-order valence-corrected chi connectivity index (χ4v) is 4.32. The highest BCUT2D eigenvalue weighted by atomic mass is 19.1. The van der Waals surface area contributed by atoms with Crippen LogP contribution in [-0.2, 0) is 24.2 Å². The van der Waals surface area contributed by atoms with Gasteiger partial charge in [-0.2, -0.15) is 0 Å². The number of aromatic nitrogens is 2. The number of hydrogen-bond donors (Lipinski definition) is 0. The van der Waals surface area contributed by atoms with Gasteiger partial charge in [0.05, 0.1) is 19.3 Å². The van der Waals surface area contributed by atoms with E-state index in [0.29, 0.717) is 5.41 Å². The van der Waals surface area contributed by atoms with Gasteiger partial charge in [-0.25, -0.2) is 9.37 Å². The molecule has 1 atom stereocenters. The fourth-order valence-electron chi connectivity index (χ4n) is 4.32. The molecule has 2 fully saturated rings. The molecule has 0 N–H and O–H groups in total. The van der Waals surface area contributed by atoms with Gasteiger partial charge in [0, 0.05) is 37.4 Å². The standard InChI is InChI=1S/C20H26FN3O/c1-2-7-24-8-6-22-19(24)12-23-13-20(14-23)11-18(25-15-20)10-16-4-3-5-17(21)9-16/h3-6,8-9,18H,2,7,10-15H2,1H3/t18-/m1/s1. The Hall–Kier alpha value is -1.72. The third-order valence-electron chi connectivity index (χ3n) is 5.39. The van der Waals surface area contributed by atoms with Crippen molar-refractivity contribution < 1.29 is 9.13 Å². The number of nitrogens with zero attached hydrogens (tertiary/aromatic N) is 3. The quantitative estimate of drug-likeness (QED) is 0.806. The molecule has 5 heteroatoms. The Morgan fingerprint density at radius 1 is 1.36 bits per heavy atom. The topological polar surface area (TPSA) is 30.3 Å². The van der Waals surface area contributed by atoms with E-state index in [-0.39, 0.29) is 11.9 Å². The lowest BCUT2D eigenvalue weighted by Crippen LogP contribution is -2.56. The Balaban J connectivity index is 1.29. The number of hydrogen-bond acceptors (Lipinski definition) is 3. The summed E-state index contributed by atoms with van der Waals surface area (Å²) in [6.45, 7) is 7.12. The Morgan fingerprint density at radius 2 is 2.24 bits per heavy atom. The van der Waals surface area contributed by atoms with Gasteiger partial charge in [0.2, 0.25) is 0 Å². The van der Waals surface area contributed by atoms with Crippen molar-refractivity contribution in [2.45, 2.75) is 45.4 Å². The summed E-state index contributed by atoms with van der Waals surface area (Å²) in [5, 5.41) is 0. The minimum Gasteiger partial charge on any atom is -0.377 e. The van der Waals surface area contributed by atoms with Crippen LogP contribution in [0.15, 0.2) is 36.7 Å². The van der Waals surface area contributed by atoms with Gasteiger partial charge in [-0.1, -0.05) is 19.1 Å². The third kappa shape index (κ3) is 3.62. The number of imidazole rings is 1. The average molecular weight is 343 g/mol. The van der Waals surface area contributed by atoms with Crippen LogP contribution in [-0.4, -0.2) is 40.3 Å². The lowest BCUT2D eigenvalue weighted by Gasteiger charge is -2.47. The van der Waals surface area contributed by atoms with E-state index < -0.39 is 0 Å². The summed E-state index contributed by atoms with van der Waals surface area (Å²) < 4.78 is 21.6. The highest BCUT2D eigenvalue weighted by molar-refractivity contribution is 5.18. The lowest BCUT2D eigenvalue weighted by molar-refractivity contribution is -0.0160. The van der Waals surface area contributed by atoms with Crippen LogP contribution < -0.4 is 0 Å². The Bertz CT molecular complexity index is 723. The van der Waals surface area contributed by atoms with Gasteiger partial charge in [-0.3, -0.25) is 4.90 Å². The number of ether oxygens (including phenoxy) is 1. The van der Waals surface area contributed by atoms with Crippen LogP contribution in [0, 0.1) is 11.2 Å². The Labute approximate surface area is 148 Å². The summed E-state index contributed by atoms with van der Waals surface area (Å²) in [7, 11) is 0. The van der Waals surface area contributed by atoms with Gasteiger partial charge in [0.25, 0.3) is 0 Å². The predicted octanol–water partition coefficient (Wildman–Crippen LogP) is 3.27. The number of likely N-dealkylation sites (tertiary alicyclic amines) is 1. The maximum Gasteiger partial charge on any atom is 0.123 e. The fraction of sp³-hybridized carbons (Fsp3) is 0.550. The molecule has 1 spiro atoms. The molecule has 4 rings (SSSR count). The van der Waals surface area contributed by atoms with E-state index in [2.05, 4.69) is 27.6 Å². The zero-order valence-corrected chi connectivity index (χ0v) is 14.8. The summed E-state index contributed by atoms with van der Waals surface area (Å²) in [6, 6.07) is 6.87. The second-order valence-corrected chi connectivity index (χ2v) is 7.65. The van der Waals surface area contributed by atoms with Crippen molar-refractivity contribution in [2.24, 2.45) is 5.41 Å². The van der Waals surface area contributed by atoms with Crippen LogP contribution >= 0.6 is 0 Å². The van der Waals surface area contributed by atoms with Crippen molar-refractivity contribution in [3.05, 3.63) is 53.9 Å². The smallest absolute Gasteiger partial charge is 0.123 e. The van der Waals surface area contributed by atoms with Crippen LogP contribution in [0.1, 0.15) is 31.2 Å². The van der Waals surface area contributed by atoms with E-state index in [1.165, 1.54) is 6.07 Å². The summed E-state index contributed by atoms with van der Waals surface area (Å²) >= 11 is 0. The van der Waals surface area contributed by atoms with Crippen molar-refractivity contribution in [3.63, 3.8) is 0 Å². The molecule has 0 unspecified atom stereocenters. The van der Waals surface area contributed by atoms with Crippen molar-refractivity contribution in [1.82, 2.24) is 14.5 Å². The zero-order chi connectivity index (χ0) is 17.3. The molecule has 2 aliphatic heterocycles. The number of rotatable bonds is 6. The SMILES string of the molecule is CCCn1ccnc1CN1CC2(CO[C@H](Cc3cccc(F)c3)C2)C1. The van der Waals surface area contributed by atoms with Crippen molar-refractivity contribution in [1.29, 1.82) is 0 Å². The molecular weight excluding hydrogens is 317 g/mol. The second kappa shape index (κ2) is 6.89. The molecular formula is C20H26FN3O. The maximum atomic E-state index is 13.3. The largest absolute Gasteiger partial charge is 0.377 e. The van der Waals surface area contributed by atoms with Crippen LogP contribution in [0.2, 0.25) is 0 Å². The van der Waals surface area contributed by atoms with Gasteiger partial charge >= 0.3 is 0 Å². The Kier molecular flexibility index (Phi) is 4.61. The van der Waals surface area contributed by atoms with E-state index in [0.717, 1.165) is 63.4 Å². The first-order chi connectivity index (χ1) is 12.2. The molecule has 134 valence electrons. The van der Waals surface area contributed by atoms with Crippen molar-refractivity contribution >= 4 is 0 Å². The molecule has 0 radical (unpaired) electrons. The lowest BCUT2D eigenvalue weighted by atomic mass is 9.77. The first-order valence-electron chi connectivity index (χ1n) is 9.24. The van der Waals surface area contributed by atoms with Gasteiger partial charge in [-0.15, -0.1) is 0 Å². The Morgan fingerprint density at radius 3 is 3.04 bits per heavy atom. The maximum absolute atomic E-state index is 13.3. The monoisotopic (exact) mass is 343 g/mol. The van der Waals surface area contributed by atoms with Crippen molar-refractivity contribution in [3.8, 4) is 0 Å². The summed E-state index contributed by atoms with van der Waals surface area (Å²) in [5.41, 5.74) is 1.32. The molecule has 1 aromatic carbocycles. The van der Waals surface area contributed by atoms with Crippen LogP contribution in [0.4, 0.5) is 4.39 Å². The van der Waals surface area contributed by atoms with Crippen LogP contribution in [0.25, 0.3) is 0 Å². The molecule has 25 heavy (non-hydrogen) atoms.